The zero-order valence-corrected chi connectivity index (χ0v) is 20.7. The Balaban J connectivity index is 1.16. The predicted octanol–water partition coefficient (Wildman–Crippen LogP) is 3.17. The van der Waals surface area contributed by atoms with E-state index in [4.69, 9.17) is 5.73 Å². The van der Waals surface area contributed by atoms with Crippen LogP contribution < -0.4 is 11.1 Å². The Labute approximate surface area is 209 Å². The first-order chi connectivity index (χ1) is 16.9. The van der Waals surface area contributed by atoms with Gasteiger partial charge >= 0.3 is 0 Å². The smallest absolute Gasteiger partial charge is 0.241 e. The van der Waals surface area contributed by atoms with E-state index in [9.17, 15) is 10.1 Å². The summed E-state index contributed by atoms with van der Waals surface area (Å²) < 4.78 is 0. The molecule has 1 aliphatic heterocycles. The monoisotopic (exact) mass is 471 g/mol. The van der Waals surface area contributed by atoms with Gasteiger partial charge in [-0.2, -0.15) is 5.26 Å². The summed E-state index contributed by atoms with van der Waals surface area (Å²) in [5.74, 6) is 0.751. The van der Waals surface area contributed by atoms with Crippen LogP contribution in [0.25, 0.3) is 11.1 Å². The molecular formula is C29H37N5O. The topological polar surface area (TPSA) is 85.4 Å². The molecule has 35 heavy (non-hydrogen) atoms. The quantitative estimate of drug-likeness (QED) is 0.648. The maximum atomic E-state index is 12.9. The second-order valence-electron chi connectivity index (χ2n) is 10.9. The van der Waals surface area contributed by atoms with Crippen LogP contribution in [0.15, 0.2) is 48.5 Å². The molecule has 2 aliphatic carbocycles. The summed E-state index contributed by atoms with van der Waals surface area (Å²) in [6, 6.07) is 18.8. The van der Waals surface area contributed by atoms with E-state index in [2.05, 4.69) is 76.8 Å². The van der Waals surface area contributed by atoms with E-state index in [1.54, 1.807) is 0 Å². The van der Waals surface area contributed by atoms with Crippen molar-refractivity contribution >= 4 is 5.91 Å². The molecule has 2 saturated carbocycles. The van der Waals surface area contributed by atoms with Crippen molar-refractivity contribution in [1.82, 2.24) is 15.1 Å². The standard InChI is InChI=1S/C29H37N5O/c1-33-13-15-34(16-14-33)20-22-6-10-24(11-7-22)23-8-4-21(5-9-23)17-26(19-30)32-28(35)29(31)12-2-3-25-18-27(25)29/h4-11,25-27H,2-3,12-18,20,31H2,1H3,(H,32,35). The Morgan fingerprint density at radius 2 is 1.71 bits per heavy atom. The van der Waals surface area contributed by atoms with Gasteiger partial charge in [0.25, 0.3) is 0 Å². The maximum Gasteiger partial charge on any atom is 0.241 e. The number of piperazine rings is 1. The van der Waals surface area contributed by atoms with E-state index in [0.717, 1.165) is 63.1 Å². The Morgan fingerprint density at radius 3 is 2.34 bits per heavy atom. The van der Waals surface area contributed by atoms with Gasteiger partial charge in [-0.3, -0.25) is 9.69 Å². The Bertz CT molecular complexity index is 1070. The number of nitrogens with two attached hydrogens (primary N) is 1. The van der Waals surface area contributed by atoms with Gasteiger partial charge in [0.1, 0.15) is 6.04 Å². The fourth-order valence-electron chi connectivity index (χ4n) is 5.88. The number of hydrogen-bond donors (Lipinski definition) is 2. The molecule has 3 aliphatic rings. The van der Waals surface area contributed by atoms with Crippen LogP contribution in [0.5, 0.6) is 0 Å². The Morgan fingerprint density at radius 1 is 1.09 bits per heavy atom. The van der Waals surface area contributed by atoms with Crippen LogP contribution in [0.2, 0.25) is 0 Å². The van der Waals surface area contributed by atoms with Crippen molar-refractivity contribution in [1.29, 1.82) is 5.26 Å². The van der Waals surface area contributed by atoms with Gasteiger partial charge in [0, 0.05) is 39.1 Å². The largest absolute Gasteiger partial charge is 0.338 e. The van der Waals surface area contributed by atoms with Crippen LogP contribution in [0, 0.1) is 23.2 Å². The normalized spacial score (nSPS) is 27.5. The van der Waals surface area contributed by atoms with Crippen molar-refractivity contribution < 1.29 is 4.79 Å². The molecule has 3 N–H and O–H groups in total. The zero-order valence-electron chi connectivity index (χ0n) is 20.7. The highest BCUT2D eigenvalue weighted by molar-refractivity contribution is 5.87. The van der Waals surface area contributed by atoms with Crippen molar-refractivity contribution in [3.8, 4) is 17.2 Å². The highest BCUT2D eigenvalue weighted by Crippen LogP contribution is 2.53. The number of nitrogens with zero attached hydrogens (tertiary/aromatic N) is 3. The number of likely N-dealkylation sites (N-methyl/N-ethyl adjacent to an activating group) is 1. The van der Waals surface area contributed by atoms with Gasteiger partial charge in [0.05, 0.1) is 11.6 Å². The summed E-state index contributed by atoms with van der Waals surface area (Å²) in [6.07, 6.45) is 4.45. The number of benzene rings is 2. The lowest BCUT2D eigenvalue weighted by molar-refractivity contribution is -0.128. The third-order valence-corrected chi connectivity index (χ3v) is 8.32. The van der Waals surface area contributed by atoms with Gasteiger partial charge < -0.3 is 16.0 Å². The minimum atomic E-state index is -0.793. The minimum Gasteiger partial charge on any atom is -0.338 e. The molecule has 0 bridgehead atoms. The fraction of sp³-hybridized carbons (Fsp3) is 0.517. The third-order valence-electron chi connectivity index (χ3n) is 8.32. The molecule has 1 amide bonds. The molecule has 1 heterocycles. The van der Waals surface area contributed by atoms with Gasteiger partial charge in [0.2, 0.25) is 5.91 Å². The van der Waals surface area contributed by atoms with Crippen LogP contribution in [0.3, 0.4) is 0 Å². The molecule has 5 rings (SSSR count). The van der Waals surface area contributed by atoms with Crippen molar-refractivity contribution in [2.45, 2.75) is 50.2 Å². The van der Waals surface area contributed by atoms with Crippen LogP contribution in [0.4, 0.5) is 0 Å². The van der Waals surface area contributed by atoms with E-state index in [1.807, 2.05) is 0 Å². The molecule has 2 aromatic rings. The van der Waals surface area contributed by atoms with Gasteiger partial charge in [-0.1, -0.05) is 61.4 Å². The third kappa shape index (κ3) is 5.43. The molecule has 0 spiro atoms. The number of rotatable bonds is 7. The number of hydrogen-bond acceptors (Lipinski definition) is 5. The molecule has 3 fully saturated rings. The van der Waals surface area contributed by atoms with Gasteiger partial charge in [0.15, 0.2) is 0 Å². The van der Waals surface area contributed by atoms with Gasteiger partial charge in [-0.05, 0) is 54.0 Å². The lowest BCUT2D eigenvalue weighted by Crippen LogP contribution is -2.59. The lowest BCUT2D eigenvalue weighted by Gasteiger charge is -2.32. The first-order valence-electron chi connectivity index (χ1n) is 13.0. The number of nitrogens with one attached hydrogen (secondary N) is 1. The molecule has 184 valence electrons. The van der Waals surface area contributed by atoms with E-state index < -0.39 is 11.6 Å². The predicted molar refractivity (Wildman–Crippen MR) is 138 cm³/mol. The summed E-state index contributed by atoms with van der Waals surface area (Å²) in [5.41, 5.74) is 10.4. The summed E-state index contributed by atoms with van der Waals surface area (Å²) in [6.45, 7) is 5.51. The van der Waals surface area contributed by atoms with Crippen LogP contribution in [0.1, 0.15) is 36.8 Å². The number of carbonyl (C=O) groups is 1. The summed E-state index contributed by atoms with van der Waals surface area (Å²) in [5, 5.41) is 12.6. The molecule has 2 aromatic carbocycles. The van der Waals surface area contributed by atoms with Crippen molar-refractivity contribution in [2.75, 3.05) is 33.2 Å². The second-order valence-corrected chi connectivity index (χ2v) is 10.9. The van der Waals surface area contributed by atoms with E-state index in [-0.39, 0.29) is 5.91 Å². The first kappa shape index (κ1) is 24.0. The molecule has 4 atom stereocenters. The first-order valence-corrected chi connectivity index (χ1v) is 13.0. The fourth-order valence-corrected chi connectivity index (χ4v) is 5.88. The van der Waals surface area contributed by atoms with E-state index in [0.29, 0.717) is 18.3 Å². The van der Waals surface area contributed by atoms with Crippen molar-refractivity contribution in [3.05, 3.63) is 59.7 Å². The van der Waals surface area contributed by atoms with E-state index >= 15 is 0 Å². The minimum absolute atomic E-state index is 0.149. The van der Waals surface area contributed by atoms with Crippen LogP contribution in [-0.4, -0.2) is 60.5 Å². The number of amides is 1. The summed E-state index contributed by atoms with van der Waals surface area (Å²) in [4.78, 5) is 17.8. The van der Waals surface area contributed by atoms with Crippen molar-refractivity contribution in [2.24, 2.45) is 17.6 Å². The molecule has 6 nitrogen and oxygen atoms in total. The number of fused-ring (bicyclic) bond motifs is 1. The SMILES string of the molecule is CN1CCN(Cc2ccc(-c3ccc(CC(C#N)NC(=O)C4(N)CCCC5CC54)cc3)cc2)CC1. The highest BCUT2D eigenvalue weighted by Gasteiger charge is 2.56. The van der Waals surface area contributed by atoms with Gasteiger partial charge in [-0.15, -0.1) is 0 Å². The van der Waals surface area contributed by atoms with Crippen LogP contribution >= 0.6 is 0 Å². The molecule has 6 heteroatoms. The van der Waals surface area contributed by atoms with E-state index in [1.165, 1.54) is 17.5 Å². The molecular weight excluding hydrogens is 434 g/mol. The number of nitriles is 1. The Kier molecular flexibility index (Phi) is 6.93. The maximum absolute atomic E-state index is 12.9. The lowest BCUT2D eigenvalue weighted by atomic mass is 9.81. The second kappa shape index (κ2) is 10.1. The average molecular weight is 472 g/mol. The molecule has 0 aromatic heterocycles. The number of carbonyl (C=O) groups excluding carboxylic acids is 1. The summed E-state index contributed by atoms with van der Waals surface area (Å²) in [7, 11) is 2.18. The Hall–Kier alpha value is -2.72. The van der Waals surface area contributed by atoms with Crippen molar-refractivity contribution in [3.63, 3.8) is 0 Å². The molecule has 4 unspecified atom stereocenters. The van der Waals surface area contributed by atoms with Crippen LogP contribution in [-0.2, 0) is 17.8 Å². The van der Waals surface area contributed by atoms with Gasteiger partial charge in [-0.25, -0.2) is 0 Å². The highest BCUT2D eigenvalue weighted by atomic mass is 16.2. The molecule has 1 saturated heterocycles. The molecule has 0 radical (unpaired) electrons. The average Bonchev–Trinajstić information content (AvgIpc) is 3.68. The summed E-state index contributed by atoms with van der Waals surface area (Å²) >= 11 is 0. The zero-order chi connectivity index (χ0) is 24.4.